The molecule has 0 atom stereocenters. The van der Waals surface area contributed by atoms with Crippen LogP contribution in [0.15, 0.2) is 12.3 Å². The summed E-state index contributed by atoms with van der Waals surface area (Å²) in [4.78, 5) is 5.45. The van der Waals surface area contributed by atoms with E-state index in [0.29, 0.717) is 5.69 Å². The molecule has 1 fully saturated rings. The Hall–Kier alpha value is -1.14. The maximum absolute atomic E-state index is 13.6. The summed E-state index contributed by atoms with van der Waals surface area (Å²) >= 11 is 0. The number of anilines is 1. The lowest BCUT2D eigenvalue weighted by Crippen LogP contribution is -2.41. The third-order valence-corrected chi connectivity index (χ3v) is 3.85. The Balaban J connectivity index is 2.32. The van der Waals surface area contributed by atoms with Crippen LogP contribution in [0.25, 0.3) is 0 Å². The smallest absolute Gasteiger partial charge is 0.399 e. The van der Waals surface area contributed by atoms with Crippen molar-refractivity contribution in [2.24, 2.45) is 0 Å². The number of hydrogen-bond acceptors (Lipinski definition) is 4. The molecule has 1 saturated heterocycles. The topological polar surface area (TPSA) is 34.6 Å². The van der Waals surface area contributed by atoms with Gasteiger partial charge in [-0.25, -0.2) is 4.98 Å². The fourth-order valence-corrected chi connectivity index (χ4v) is 1.87. The van der Waals surface area contributed by atoms with E-state index in [1.54, 1.807) is 25.1 Å². The first-order valence-corrected chi connectivity index (χ1v) is 6.32. The zero-order valence-electron chi connectivity index (χ0n) is 12.3. The lowest BCUT2D eigenvalue weighted by molar-refractivity contribution is 0.00578. The van der Waals surface area contributed by atoms with E-state index >= 15 is 0 Å². The Morgan fingerprint density at radius 2 is 1.68 bits per heavy atom. The van der Waals surface area contributed by atoms with Crippen molar-refractivity contribution in [2.75, 3.05) is 19.0 Å². The van der Waals surface area contributed by atoms with Gasteiger partial charge in [0.05, 0.1) is 16.9 Å². The maximum atomic E-state index is 13.6. The molecule has 104 valence electrons. The highest BCUT2D eigenvalue weighted by molar-refractivity contribution is 6.62. The minimum Gasteiger partial charge on any atom is -0.399 e. The van der Waals surface area contributed by atoms with Gasteiger partial charge in [-0.2, -0.15) is 4.39 Å². The van der Waals surface area contributed by atoms with Crippen LogP contribution in [0.4, 0.5) is 10.1 Å². The standard InChI is InChI=1S/C13H20BFN2O2/c1-12(2)13(3,4)19-14(18-12)9-7-10(17(5)6)11(15)16-8-9/h7-8H,1-6H3. The highest BCUT2D eigenvalue weighted by Gasteiger charge is 2.51. The average molecular weight is 266 g/mol. The third kappa shape index (κ3) is 2.47. The number of nitrogens with zero attached hydrogens (tertiary/aromatic N) is 2. The molecular weight excluding hydrogens is 246 g/mol. The van der Waals surface area contributed by atoms with Crippen molar-refractivity contribution in [1.82, 2.24) is 4.98 Å². The Labute approximate surface area is 114 Å². The van der Waals surface area contributed by atoms with Crippen molar-refractivity contribution in [1.29, 1.82) is 0 Å². The summed E-state index contributed by atoms with van der Waals surface area (Å²) in [5.41, 5.74) is 0.324. The highest BCUT2D eigenvalue weighted by atomic mass is 19.1. The Morgan fingerprint density at radius 3 is 2.16 bits per heavy atom. The second-order valence-corrected chi connectivity index (χ2v) is 6.06. The van der Waals surface area contributed by atoms with Gasteiger partial charge in [-0.05, 0) is 33.8 Å². The third-order valence-electron chi connectivity index (χ3n) is 3.85. The van der Waals surface area contributed by atoms with Crippen LogP contribution in [0.3, 0.4) is 0 Å². The molecule has 0 bridgehead atoms. The predicted octanol–water partition coefficient (Wildman–Crippen LogP) is 1.59. The van der Waals surface area contributed by atoms with Crippen molar-refractivity contribution in [3.8, 4) is 0 Å². The van der Waals surface area contributed by atoms with Crippen LogP contribution in [0.5, 0.6) is 0 Å². The van der Waals surface area contributed by atoms with Crippen LogP contribution in [0.2, 0.25) is 0 Å². The van der Waals surface area contributed by atoms with Crippen LogP contribution in [-0.2, 0) is 9.31 Å². The molecule has 0 saturated carbocycles. The van der Waals surface area contributed by atoms with Gasteiger partial charge >= 0.3 is 7.12 Å². The fourth-order valence-electron chi connectivity index (χ4n) is 1.87. The van der Waals surface area contributed by atoms with E-state index in [0.717, 1.165) is 5.46 Å². The second kappa shape index (κ2) is 4.46. The summed E-state index contributed by atoms with van der Waals surface area (Å²) in [6.45, 7) is 7.93. The summed E-state index contributed by atoms with van der Waals surface area (Å²) in [6.07, 6.45) is 1.46. The second-order valence-electron chi connectivity index (χ2n) is 6.06. The molecule has 19 heavy (non-hydrogen) atoms. The molecule has 2 rings (SSSR count). The molecule has 0 aliphatic carbocycles. The molecule has 0 radical (unpaired) electrons. The van der Waals surface area contributed by atoms with Gasteiger partial charge in [-0.15, -0.1) is 0 Å². The van der Waals surface area contributed by atoms with E-state index in [9.17, 15) is 4.39 Å². The minimum absolute atomic E-state index is 0.412. The van der Waals surface area contributed by atoms with E-state index < -0.39 is 24.3 Å². The van der Waals surface area contributed by atoms with Crippen LogP contribution in [0.1, 0.15) is 27.7 Å². The number of hydrogen-bond donors (Lipinski definition) is 0. The molecule has 4 nitrogen and oxygen atoms in total. The highest BCUT2D eigenvalue weighted by Crippen LogP contribution is 2.36. The molecule has 0 amide bonds. The summed E-state index contributed by atoms with van der Waals surface area (Å²) < 4.78 is 25.4. The van der Waals surface area contributed by atoms with Gasteiger partial charge in [0, 0.05) is 25.8 Å². The Kier molecular flexibility index (Phi) is 3.35. The van der Waals surface area contributed by atoms with Gasteiger partial charge in [0.15, 0.2) is 0 Å². The first kappa shape index (κ1) is 14.3. The first-order chi connectivity index (χ1) is 8.64. The van der Waals surface area contributed by atoms with Gasteiger partial charge in [-0.3, -0.25) is 0 Å². The van der Waals surface area contributed by atoms with E-state index in [1.165, 1.54) is 6.20 Å². The zero-order valence-corrected chi connectivity index (χ0v) is 12.3. The van der Waals surface area contributed by atoms with Crippen molar-refractivity contribution in [3.05, 3.63) is 18.2 Å². The summed E-state index contributed by atoms with van der Waals surface area (Å²) in [6, 6.07) is 1.71. The average Bonchev–Trinajstić information content (AvgIpc) is 2.48. The number of halogens is 1. The number of pyridine rings is 1. The quantitative estimate of drug-likeness (QED) is 0.601. The Bertz CT molecular complexity index is 476. The van der Waals surface area contributed by atoms with Gasteiger partial charge in [0.2, 0.25) is 5.95 Å². The number of rotatable bonds is 2. The molecule has 0 N–H and O–H groups in total. The number of aromatic nitrogens is 1. The fraction of sp³-hybridized carbons (Fsp3) is 0.615. The van der Waals surface area contributed by atoms with Gasteiger partial charge in [-0.1, -0.05) is 0 Å². The molecular formula is C13H20BFN2O2. The van der Waals surface area contributed by atoms with E-state index in [4.69, 9.17) is 9.31 Å². The van der Waals surface area contributed by atoms with Gasteiger partial charge < -0.3 is 14.2 Å². The van der Waals surface area contributed by atoms with E-state index in [2.05, 4.69) is 4.98 Å². The molecule has 2 heterocycles. The lowest BCUT2D eigenvalue weighted by atomic mass is 9.80. The molecule has 0 aromatic carbocycles. The molecule has 1 aromatic rings. The largest absolute Gasteiger partial charge is 0.496 e. The van der Waals surface area contributed by atoms with Crippen LogP contribution in [-0.4, -0.2) is 37.4 Å². The van der Waals surface area contributed by atoms with Crippen molar-refractivity contribution < 1.29 is 13.7 Å². The summed E-state index contributed by atoms with van der Waals surface area (Å²) in [5, 5.41) is 0. The monoisotopic (exact) mass is 266 g/mol. The Morgan fingerprint density at radius 1 is 1.16 bits per heavy atom. The van der Waals surface area contributed by atoms with Gasteiger partial charge in [0.1, 0.15) is 0 Å². The SMILES string of the molecule is CN(C)c1cc(B2OC(C)(C)C(C)(C)O2)cnc1F. The van der Waals surface area contributed by atoms with Crippen LogP contribution < -0.4 is 10.4 Å². The predicted molar refractivity (Wildman–Crippen MR) is 74.2 cm³/mol. The molecule has 0 spiro atoms. The van der Waals surface area contributed by atoms with Gasteiger partial charge in [0.25, 0.3) is 0 Å². The van der Waals surface area contributed by atoms with E-state index in [-0.39, 0.29) is 0 Å². The zero-order chi connectivity index (χ0) is 14.4. The van der Waals surface area contributed by atoms with Crippen LogP contribution >= 0.6 is 0 Å². The molecule has 0 unspecified atom stereocenters. The maximum Gasteiger partial charge on any atom is 0.496 e. The molecule has 6 heteroatoms. The first-order valence-electron chi connectivity index (χ1n) is 6.32. The van der Waals surface area contributed by atoms with Crippen molar-refractivity contribution >= 4 is 18.3 Å². The minimum atomic E-state index is -0.517. The molecule has 1 aromatic heterocycles. The summed E-state index contributed by atoms with van der Waals surface area (Å²) in [5.74, 6) is -0.495. The van der Waals surface area contributed by atoms with Crippen molar-refractivity contribution in [2.45, 2.75) is 38.9 Å². The molecule has 1 aliphatic heterocycles. The van der Waals surface area contributed by atoms with Crippen molar-refractivity contribution in [3.63, 3.8) is 0 Å². The van der Waals surface area contributed by atoms with Crippen LogP contribution in [0, 0.1) is 5.95 Å². The molecule has 1 aliphatic rings. The lowest BCUT2D eigenvalue weighted by Gasteiger charge is -2.32. The normalized spacial score (nSPS) is 20.7. The summed E-state index contributed by atoms with van der Waals surface area (Å²) in [7, 11) is 3.03. The van der Waals surface area contributed by atoms with E-state index in [1.807, 2.05) is 27.7 Å².